The predicted molar refractivity (Wildman–Crippen MR) is 50.8 cm³/mol. The highest BCUT2D eigenvalue weighted by molar-refractivity contribution is 5.83. The Hall–Kier alpha value is -1.10. The molecule has 1 saturated heterocycles. The van der Waals surface area contributed by atoms with Crippen LogP contribution >= 0.6 is 0 Å². The zero-order valence-corrected chi connectivity index (χ0v) is 8.49. The Bertz CT molecular complexity index is 242. The number of nitrogens with one attached hydrogen (secondary N) is 1. The molecule has 0 aromatic heterocycles. The van der Waals surface area contributed by atoms with Crippen molar-refractivity contribution in [3.8, 4) is 0 Å². The summed E-state index contributed by atoms with van der Waals surface area (Å²) in [5, 5.41) is 11.6. The molecule has 1 fully saturated rings. The summed E-state index contributed by atoms with van der Waals surface area (Å²) in [5.74, 6) is -0.831. The quantitative estimate of drug-likeness (QED) is 0.637. The van der Waals surface area contributed by atoms with Gasteiger partial charge in [0.05, 0.1) is 5.92 Å². The second kappa shape index (κ2) is 4.41. The first kappa shape index (κ1) is 11.0. The Labute approximate surface area is 83.1 Å². The molecule has 0 bridgehead atoms. The monoisotopic (exact) mass is 200 g/mol. The second-order valence-electron chi connectivity index (χ2n) is 3.83. The smallest absolute Gasteiger partial charge is 0.323 e. The maximum Gasteiger partial charge on any atom is 0.323 e. The Balaban J connectivity index is 2.51. The number of amides is 1. The van der Waals surface area contributed by atoms with Crippen molar-refractivity contribution in [2.75, 3.05) is 26.7 Å². The van der Waals surface area contributed by atoms with Crippen LogP contribution < -0.4 is 5.32 Å². The van der Waals surface area contributed by atoms with Gasteiger partial charge in [-0.05, 0) is 12.5 Å². The molecule has 5 nitrogen and oxygen atoms in total. The minimum atomic E-state index is -0.973. The normalized spacial score (nSPS) is 26.1. The van der Waals surface area contributed by atoms with Gasteiger partial charge in [-0.3, -0.25) is 9.59 Å². The summed E-state index contributed by atoms with van der Waals surface area (Å²) in [5.41, 5.74) is 0. The third kappa shape index (κ3) is 2.45. The summed E-state index contributed by atoms with van der Waals surface area (Å²) >= 11 is 0. The van der Waals surface area contributed by atoms with Crippen LogP contribution in [0.15, 0.2) is 0 Å². The van der Waals surface area contributed by atoms with Crippen LogP contribution in [0.4, 0.5) is 0 Å². The van der Waals surface area contributed by atoms with E-state index in [1.807, 2.05) is 6.92 Å². The van der Waals surface area contributed by atoms with Gasteiger partial charge in [-0.1, -0.05) is 6.92 Å². The van der Waals surface area contributed by atoms with Gasteiger partial charge in [0.1, 0.15) is 6.54 Å². The molecule has 1 rings (SSSR count). The molecular formula is C9H16N2O3. The van der Waals surface area contributed by atoms with Crippen LogP contribution in [0.1, 0.15) is 6.92 Å². The van der Waals surface area contributed by atoms with E-state index >= 15 is 0 Å². The second-order valence-corrected chi connectivity index (χ2v) is 3.83. The molecule has 0 aromatic rings. The molecular weight excluding hydrogens is 184 g/mol. The summed E-state index contributed by atoms with van der Waals surface area (Å²) in [6.07, 6.45) is 0. The molecule has 80 valence electrons. The van der Waals surface area contributed by atoms with Crippen molar-refractivity contribution in [1.29, 1.82) is 0 Å². The molecule has 1 heterocycles. The highest BCUT2D eigenvalue weighted by Crippen LogP contribution is 2.17. The molecule has 0 saturated carbocycles. The van der Waals surface area contributed by atoms with Crippen LogP contribution in [0, 0.1) is 11.8 Å². The van der Waals surface area contributed by atoms with Crippen LogP contribution in [0.2, 0.25) is 0 Å². The lowest BCUT2D eigenvalue weighted by molar-refractivity contribution is -0.145. The molecule has 2 unspecified atom stereocenters. The summed E-state index contributed by atoms with van der Waals surface area (Å²) in [6, 6.07) is 0. The lowest BCUT2D eigenvalue weighted by Gasteiger charge is -2.21. The maximum atomic E-state index is 11.7. The van der Waals surface area contributed by atoms with Crippen molar-refractivity contribution in [3.63, 3.8) is 0 Å². The lowest BCUT2D eigenvalue weighted by atomic mass is 9.97. The fraction of sp³-hybridized carbons (Fsp3) is 0.778. The van der Waals surface area contributed by atoms with E-state index in [1.165, 1.54) is 11.9 Å². The van der Waals surface area contributed by atoms with Crippen LogP contribution in [0.5, 0.6) is 0 Å². The molecule has 0 aromatic carbocycles. The van der Waals surface area contributed by atoms with Gasteiger partial charge in [0.15, 0.2) is 0 Å². The molecule has 2 N–H and O–H groups in total. The number of rotatable bonds is 3. The number of nitrogens with zero attached hydrogens (tertiary/aromatic N) is 1. The van der Waals surface area contributed by atoms with Gasteiger partial charge < -0.3 is 15.3 Å². The van der Waals surface area contributed by atoms with Gasteiger partial charge in [-0.2, -0.15) is 0 Å². The van der Waals surface area contributed by atoms with Crippen molar-refractivity contribution < 1.29 is 14.7 Å². The third-order valence-electron chi connectivity index (χ3n) is 2.58. The predicted octanol–water partition coefficient (Wildman–Crippen LogP) is -0.615. The number of aliphatic carboxylic acids is 1. The fourth-order valence-electron chi connectivity index (χ4n) is 1.70. The van der Waals surface area contributed by atoms with Gasteiger partial charge in [-0.15, -0.1) is 0 Å². The van der Waals surface area contributed by atoms with Crippen LogP contribution in [0.3, 0.4) is 0 Å². The Morgan fingerprint density at radius 1 is 1.50 bits per heavy atom. The van der Waals surface area contributed by atoms with E-state index in [2.05, 4.69) is 5.32 Å². The Morgan fingerprint density at radius 3 is 2.57 bits per heavy atom. The zero-order chi connectivity index (χ0) is 10.7. The van der Waals surface area contributed by atoms with E-state index in [0.29, 0.717) is 12.5 Å². The maximum absolute atomic E-state index is 11.7. The van der Waals surface area contributed by atoms with E-state index in [0.717, 1.165) is 6.54 Å². The van der Waals surface area contributed by atoms with Crippen molar-refractivity contribution >= 4 is 11.9 Å². The molecule has 1 amide bonds. The van der Waals surface area contributed by atoms with E-state index in [9.17, 15) is 9.59 Å². The largest absolute Gasteiger partial charge is 0.480 e. The molecule has 14 heavy (non-hydrogen) atoms. The van der Waals surface area contributed by atoms with E-state index in [-0.39, 0.29) is 18.4 Å². The summed E-state index contributed by atoms with van der Waals surface area (Å²) < 4.78 is 0. The van der Waals surface area contributed by atoms with E-state index < -0.39 is 5.97 Å². The SMILES string of the molecule is CC1CNCC1C(=O)N(C)CC(=O)O. The van der Waals surface area contributed by atoms with E-state index in [4.69, 9.17) is 5.11 Å². The lowest BCUT2D eigenvalue weighted by Crippen LogP contribution is -2.39. The van der Waals surface area contributed by atoms with Crippen LogP contribution in [-0.2, 0) is 9.59 Å². The fourth-order valence-corrected chi connectivity index (χ4v) is 1.70. The number of carboxylic acids is 1. The molecule has 2 atom stereocenters. The number of likely N-dealkylation sites (N-methyl/N-ethyl adjacent to an activating group) is 1. The average molecular weight is 200 g/mol. The molecule has 0 spiro atoms. The van der Waals surface area contributed by atoms with E-state index in [1.54, 1.807) is 0 Å². The van der Waals surface area contributed by atoms with Crippen molar-refractivity contribution in [2.45, 2.75) is 6.92 Å². The summed E-state index contributed by atoms with van der Waals surface area (Å²) in [4.78, 5) is 23.4. The molecule has 0 aliphatic carbocycles. The van der Waals surface area contributed by atoms with Gasteiger partial charge >= 0.3 is 5.97 Å². The van der Waals surface area contributed by atoms with Gasteiger partial charge in [0, 0.05) is 13.6 Å². The summed E-state index contributed by atoms with van der Waals surface area (Å²) in [7, 11) is 1.53. The van der Waals surface area contributed by atoms with Gasteiger partial charge in [-0.25, -0.2) is 0 Å². The average Bonchev–Trinajstić information content (AvgIpc) is 2.48. The van der Waals surface area contributed by atoms with Crippen LogP contribution in [0.25, 0.3) is 0 Å². The Kier molecular flexibility index (Phi) is 3.46. The number of hydrogen-bond acceptors (Lipinski definition) is 3. The van der Waals surface area contributed by atoms with Gasteiger partial charge in [0.2, 0.25) is 5.91 Å². The first-order valence-electron chi connectivity index (χ1n) is 4.70. The topological polar surface area (TPSA) is 69.6 Å². The number of carbonyl (C=O) groups is 2. The highest BCUT2D eigenvalue weighted by Gasteiger charge is 2.31. The molecule has 5 heteroatoms. The minimum absolute atomic E-state index is 0.0700. The van der Waals surface area contributed by atoms with Crippen molar-refractivity contribution in [1.82, 2.24) is 10.2 Å². The molecule has 1 aliphatic rings. The first-order valence-corrected chi connectivity index (χ1v) is 4.70. The van der Waals surface area contributed by atoms with Crippen molar-refractivity contribution in [3.05, 3.63) is 0 Å². The first-order chi connectivity index (χ1) is 6.52. The third-order valence-corrected chi connectivity index (χ3v) is 2.58. The molecule has 0 radical (unpaired) electrons. The zero-order valence-electron chi connectivity index (χ0n) is 8.49. The summed E-state index contributed by atoms with van der Waals surface area (Å²) in [6.45, 7) is 3.26. The minimum Gasteiger partial charge on any atom is -0.480 e. The molecule has 1 aliphatic heterocycles. The van der Waals surface area contributed by atoms with Crippen molar-refractivity contribution in [2.24, 2.45) is 11.8 Å². The number of carbonyl (C=O) groups excluding carboxylic acids is 1. The number of carboxylic acid groups (broad SMARTS) is 1. The standard InChI is InChI=1S/C9H16N2O3/c1-6-3-10-4-7(6)9(14)11(2)5-8(12)13/h6-7,10H,3-5H2,1-2H3,(H,12,13). The van der Waals surface area contributed by atoms with Crippen LogP contribution in [-0.4, -0.2) is 48.6 Å². The Morgan fingerprint density at radius 2 is 2.14 bits per heavy atom. The van der Waals surface area contributed by atoms with Gasteiger partial charge in [0.25, 0.3) is 0 Å². The number of hydrogen-bond donors (Lipinski definition) is 2. The highest BCUT2D eigenvalue weighted by atomic mass is 16.4.